The molecule has 5 nitrogen and oxygen atoms in total. The molecule has 0 fully saturated rings. The van der Waals surface area contributed by atoms with Gasteiger partial charge in [-0.1, -0.05) is 6.07 Å². The molecular formula is C16H14N4O. The second-order valence-corrected chi connectivity index (χ2v) is 5.14. The van der Waals surface area contributed by atoms with Gasteiger partial charge in [0, 0.05) is 12.1 Å². The number of rotatable bonds is 2. The molecule has 0 amide bonds. The largest absolute Gasteiger partial charge is 0.320 e. The summed E-state index contributed by atoms with van der Waals surface area (Å²) in [5, 5.41) is 9.00. The van der Waals surface area contributed by atoms with E-state index in [9.17, 15) is 4.79 Å². The second kappa shape index (κ2) is 4.91. The highest BCUT2D eigenvalue weighted by molar-refractivity contribution is 5.81. The molecule has 0 aliphatic carbocycles. The maximum absolute atomic E-state index is 11.5. The molecule has 5 heteroatoms. The first kappa shape index (κ1) is 13.1. The zero-order chi connectivity index (χ0) is 15.0. The van der Waals surface area contributed by atoms with Gasteiger partial charge < -0.3 is 9.55 Å². The van der Waals surface area contributed by atoms with Crippen LogP contribution in [0.3, 0.4) is 0 Å². The van der Waals surface area contributed by atoms with Gasteiger partial charge in [-0.05, 0) is 38.1 Å². The molecule has 0 radical (unpaired) electrons. The van der Waals surface area contributed by atoms with Crippen molar-refractivity contribution in [2.45, 2.75) is 19.9 Å². The lowest BCUT2D eigenvalue weighted by atomic mass is 10.2. The highest BCUT2D eigenvalue weighted by Gasteiger charge is 2.15. The molecular weight excluding hydrogens is 264 g/mol. The van der Waals surface area contributed by atoms with Gasteiger partial charge in [0.1, 0.15) is 0 Å². The molecule has 1 N–H and O–H groups in total. The van der Waals surface area contributed by atoms with E-state index >= 15 is 0 Å². The monoisotopic (exact) mass is 278 g/mol. The maximum Gasteiger partial charge on any atom is 0.248 e. The number of benzene rings is 1. The summed E-state index contributed by atoms with van der Waals surface area (Å²) in [5.74, 6) is 0.702. The van der Waals surface area contributed by atoms with Crippen LogP contribution in [0.5, 0.6) is 0 Å². The minimum Gasteiger partial charge on any atom is -0.320 e. The van der Waals surface area contributed by atoms with Crippen LogP contribution in [0.1, 0.15) is 25.5 Å². The average molecular weight is 278 g/mol. The number of fused-ring (bicyclic) bond motifs is 1. The molecule has 2 aromatic heterocycles. The standard InChI is InChI=1S/C16H14N4O/c1-10(2)20-14-7-6-11(9-17)8-13(14)19-16(20)12-4-3-5-15(21)18-12/h3-8,10H,1-2H3,(H,18,21). The van der Waals surface area contributed by atoms with Gasteiger partial charge >= 0.3 is 0 Å². The van der Waals surface area contributed by atoms with Gasteiger partial charge in [-0.2, -0.15) is 5.26 Å². The van der Waals surface area contributed by atoms with Gasteiger partial charge in [0.05, 0.1) is 28.4 Å². The minimum atomic E-state index is -0.160. The maximum atomic E-state index is 11.5. The lowest BCUT2D eigenvalue weighted by Crippen LogP contribution is -2.08. The zero-order valence-corrected chi connectivity index (χ0v) is 11.8. The number of pyridine rings is 1. The molecule has 0 aliphatic rings. The summed E-state index contributed by atoms with van der Waals surface area (Å²) in [6, 6.07) is 12.7. The summed E-state index contributed by atoms with van der Waals surface area (Å²) in [6.07, 6.45) is 0. The number of hydrogen-bond acceptors (Lipinski definition) is 3. The molecule has 0 atom stereocenters. The molecule has 3 rings (SSSR count). The first-order valence-electron chi connectivity index (χ1n) is 6.72. The van der Waals surface area contributed by atoms with Crippen molar-refractivity contribution in [1.82, 2.24) is 14.5 Å². The van der Waals surface area contributed by atoms with Crippen LogP contribution >= 0.6 is 0 Å². The van der Waals surface area contributed by atoms with E-state index in [0.29, 0.717) is 17.1 Å². The molecule has 2 heterocycles. The Bertz CT molecular complexity index is 912. The third kappa shape index (κ3) is 2.21. The van der Waals surface area contributed by atoms with Crippen molar-refractivity contribution in [2.75, 3.05) is 0 Å². The van der Waals surface area contributed by atoms with Gasteiger partial charge in [-0.3, -0.25) is 4.79 Å². The summed E-state index contributed by atoms with van der Waals surface area (Å²) in [4.78, 5) is 18.9. The molecule has 3 aromatic rings. The summed E-state index contributed by atoms with van der Waals surface area (Å²) >= 11 is 0. The van der Waals surface area contributed by atoms with Crippen LogP contribution in [0, 0.1) is 11.3 Å². The average Bonchev–Trinajstić information content (AvgIpc) is 2.85. The van der Waals surface area contributed by atoms with E-state index in [4.69, 9.17) is 5.26 Å². The lowest BCUT2D eigenvalue weighted by Gasteiger charge is -2.12. The number of nitrogens with zero attached hydrogens (tertiary/aromatic N) is 3. The zero-order valence-electron chi connectivity index (χ0n) is 11.8. The number of imidazole rings is 1. The predicted octanol–water partition coefficient (Wildman–Crippen LogP) is 2.84. The number of aromatic nitrogens is 3. The lowest BCUT2D eigenvalue weighted by molar-refractivity contribution is 0.623. The highest BCUT2D eigenvalue weighted by atomic mass is 16.1. The molecule has 21 heavy (non-hydrogen) atoms. The Balaban J connectivity index is 2.34. The molecule has 0 saturated heterocycles. The Hall–Kier alpha value is -2.87. The van der Waals surface area contributed by atoms with Crippen molar-refractivity contribution >= 4 is 11.0 Å². The summed E-state index contributed by atoms with van der Waals surface area (Å²) in [5.41, 5.74) is 2.79. The van der Waals surface area contributed by atoms with E-state index in [1.807, 2.05) is 12.1 Å². The molecule has 0 spiro atoms. The van der Waals surface area contributed by atoms with Gasteiger partial charge in [0.15, 0.2) is 5.82 Å². The fourth-order valence-electron chi connectivity index (χ4n) is 2.46. The van der Waals surface area contributed by atoms with Crippen LogP contribution in [0.2, 0.25) is 0 Å². The third-order valence-corrected chi connectivity index (χ3v) is 3.34. The van der Waals surface area contributed by atoms with Gasteiger partial charge in [0.25, 0.3) is 0 Å². The van der Waals surface area contributed by atoms with E-state index in [0.717, 1.165) is 11.0 Å². The van der Waals surface area contributed by atoms with Crippen LogP contribution in [-0.4, -0.2) is 14.5 Å². The number of H-pyrrole nitrogens is 1. The van der Waals surface area contributed by atoms with Crippen molar-refractivity contribution in [3.8, 4) is 17.6 Å². The summed E-state index contributed by atoms with van der Waals surface area (Å²) < 4.78 is 2.06. The van der Waals surface area contributed by atoms with Crippen molar-refractivity contribution in [1.29, 1.82) is 5.26 Å². The normalized spacial score (nSPS) is 11.0. The second-order valence-electron chi connectivity index (χ2n) is 5.14. The van der Waals surface area contributed by atoms with Gasteiger partial charge in [0.2, 0.25) is 5.56 Å². The first-order valence-corrected chi connectivity index (χ1v) is 6.72. The smallest absolute Gasteiger partial charge is 0.248 e. The van der Waals surface area contributed by atoms with Crippen LogP contribution in [0.25, 0.3) is 22.6 Å². The molecule has 1 aromatic carbocycles. The SMILES string of the molecule is CC(C)n1c(-c2cccc(=O)[nH]2)nc2cc(C#N)ccc21. The van der Waals surface area contributed by atoms with Crippen LogP contribution in [0.4, 0.5) is 0 Å². The third-order valence-electron chi connectivity index (χ3n) is 3.34. The van der Waals surface area contributed by atoms with E-state index in [1.165, 1.54) is 6.07 Å². The molecule has 0 bridgehead atoms. The Kier molecular flexibility index (Phi) is 3.07. The highest BCUT2D eigenvalue weighted by Crippen LogP contribution is 2.27. The van der Waals surface area contributed by atoms with Crippen LogP contribution in [-0.2, 0) is 0 Å². The Morgan fingerprint density at radius 2 is 2.10 bits per heavy atom. The molecule has 104 valence electrons. The van der Waals surface area contributed by atoms with Crippen molar-refractivity contribution in [3.05, 3.63) is 52.3 Å². The Morgan fingerprint density at radius 1 is 1.29 bits per heavy atom. The van der Waals surface area contributed by atoms with Gasteiger partial charge in [-0.25, -0.2) is 4.98 Å². The number of aromatic amines is 1. The van der Waals surface area contributed by atoms with Crippen LogP contribution in [0.15, 0.2) is 41.2 Å². The fourth-order valence-corrected chi connectivity index (χ4v) is 2.46. The molecule has 0 unspecified atom stereocenters. The minimum absolute atomic E-state index is 0.160. The predicted molar refractivity (Wildman–Crippen MR) is 80.9 cm³/mol. The Morgan fingerprint density at radius 3 is 2.76 bits per heavy atom. The molecule has 0 aliphatic heterocycles. The topological polar surface area (TPSA) is 74.5 Å². The number of nitrogens with one attached hydrogen (secondary N) is 1. The van der Waals surface area contributed by atoms with E-state index in [2.05, 4.69) is 34.5 Å². The summed E-state index contributed by atoms with van der Waals surface area (Å²) in [6.45, 7) is 4.12. The summed E-state index contributed by atoms with van der Waals surface area (Å²) in [7, 11) is 0. The van der Waals surface area contributed by atoms with Gasteiger partial charge in [-0.15, -0.1) is 0 Å². The first-order chi connectivity index (χ1) is 10.1. The fraction of sp³-hybridized carbons (Fsp3) is 0.188. The Labute approximate surface area is 121 Å². The quantitative estimate of drug-likeness (QED) is 0.783. The van der Waals surface area contributed by atoms with Crippen molar-refractivity contribution in [2.24, 2.45) is 0 Å². The number of hydrogen-bond donors (Lipinski definition) is 1. The number of nitriles is 1. The van der Waals surface area contributed by atoms with Crippen molar-refractivity contribution in [3.63, 3.8) is 0 Å². The van der Waals surface area contributed by atoms with E-state index in [-0.39, 0.29) is 11.6 Å². The molecule has 0 saturated carbocycles. The van der Waals surface area contributed by atoms with E-state index in [1.54, 1.807) is 18.2 Å². The van der Waals surface area contributed by atoms with Crippen molar-refractivity contribution < 1.29 is 0 Å². The van der Waals surface area contributed by atoms with E-state index < -0.39 is 0 Å². The van der Waals surface area contributed by atoms with Crippen LogP contribution < -0.4 is 5.56 Å².